The standard InChI is InChI=1S/C19H25NO4/c1-10-4-6-14(22)17-16(10)19-8-9-20-11(2)13(19)5-7-15(18(19)24-17)23-12(3)21/h4,6,11,13,15,18,20,22H,5,7-9H2,1-3H3/t11?,13?,15-,18-,19?/m0/s1. The number of hydrogen-bond donors (Lipinski definition) is 2. The summed E-state index contributed by atoms with van der Waals surface area (Å²) in [6.45, 7) is 6.66. The third-order valence-electron chi connectivity index (χ3n) is 6.25. The molecule has 5 nitrogen and oxygen atoms in total. The zero-order valence-electron chi connectivity index (χ0n) is 14.5. The van der Waals surface area contributed by atoms with Gasteiger partial charge in [0.2, 0.25) is 0 Å². The van der Waals surface area contributed by atoms with Gasteiger partial charge in [-0.05, 0) is 57.2 Å². The van der Waals surface area contributed by atoms with Gasteiger partial charge in [0.15, 0.2) is 11.5 Å². The molecule has 1 aromatic carbocycles. The number of esters is 1. The predicted octanol–water partition coefficient (Wildman–Crippen LogP) is 2.42. The Bertz CT molecular complexity index is 688. The van der Waals surface area contributed by atoms with E-state index in [4.69, 9.17) is 9.47 Å². The first-order valence-electron chi connectivity index (χ1n) is 8.85. The number of aryl methyl sites for hydroxylation is 1. The largest absolute Gasteiger partial charge is 0.504 e. The summed E-state index contributed by atoms with van der Waals surface area (Å²) in [4.78, 5) is 11.6. The average molecular weight is 331 g/mol. The molecule has 3 unspecified atom stereocenters. The first-order chi connectivity index (χ1) is 11.4. The topological polar surface area (TPSA) is 67.8 Å². The number of carbonyl (C=O) groups is 1. The third-order valence-corrected chi connectivity index (χ3v) is 6.25. The van der Waals surface area contributed by atoms with Gasteiger partial charge in [-0.15, -0.1) is 0 Å². The molecular weight excluding hydrogens is 306 g/mol. The van der Waals surface area contributed by atoms with E-state index in [1.165, 1.54) is 6.92 Å². The van der Waals surface area contributed by atoms with Gasteiger partial charge in [-0.1, -0.05) is 6.07 Å². The maximum Gasteiger partial charge on any atom is 0.303 e. The molecule has 0 amide bonds. The lowest BCUT2D eigenvalue weighted by molar-refractivity contribution is -0.160. The Labute approximate surface area is 142 Å². The number of aromatic hydroxyl groups is 1. The summed E-state index contributed by atoms with van der Waals surface area (Å²) in [5.74, 6) is 0.921. The number of carbonyl (C=O) groups excluding carboxylic acids is 1. The summed E-state index contributed by atoms with van der Waals surface area (Å²) >= 11 is 0. The van der Waals surface area contributed by atoms with Crippen LogP contribution in [0.25, 0.3) is 0 Å². The number of rotatable bonds is 1. The van der Waals surface area contributed by atoms with Crippen LogP contribution in [0.3, 0.4) is 0 Å². The molecule has 5 atom stereocenters. The Morgan fingerprint density at radius 1 is 1.42 bits per heavy atom. The Morgan fingerprint density at radius 3 is 2.96 bits per heavy atom. The second kappa shape index (κ2) is 5.38. The van der Waals surface area contributed by atoms with E-state index >= 15 is 0 Å². The van der Waals surface area contributed by atoms with Crippen LogP contribution in [0.5, 0.6) is 11.5 Å². The van der Waals surface area contributed by atoms with Gasteiger partial charge in [-0.3, -0.25) is 4.79 Å². The molecule has 1 saturated carbocycles. The second-order valence-corrected chi connectivity index (χ2v) is 7.51. The molecule has 130 valence electrons. The number of nitrogens with one attached hydrogen (secondary N) is 1. The number of fused-ring (bicyclic) bond motifs is 1. The van der Waals surface area contributed by atoms with Crippen molar-refractivity contribution in [1.29, 1.82) is 0 Å². The molecule has 1 saturated heterocycles. The van der Waals surface area contributed by atoms with E-state index in [-0.39, 0.29) is 29.3 Å². The highest BCUT2D eigenvalue weighted by Gasteiger charge is 2.62. The van der Waals surface area contributed by atoms with E-state index in [9.17, 15) is 9.90 Å². The van der Waals surface area contributed by atoms with Crippen molar-refractivity contribution in [2.24, 2.45) is 5.92 Å². The molecule has 2 N–H and O–H groups in total. The van der Waals surface area contributed by atoms with Crippen LogP contribution in [0.15, 0.2) is 12.1 Å². The number of benzene rings is 1. The SMILES string of the molecule is CC(=O)O[C@H]1CCC2C(C)NCCC23c2c(C)ccc(O)c2O[C@@H]13. The van der Waals surface area contributed by atoms with E-state index in [2.05, 4.69) is 19.2 Å². The minimum Gasteiger partial charge on any atom is -0.504 e. The fraction of sp³-hybridized carbons (Fsp3) is 0.632. The Balaban J connectivity index is 1.88. The molecule has 2 aliphatic heterocycles. The molecule has 2 fully saturated rings. The monoisotopic (exact) mass is 331 g/mol. The lowest BCUT2D eigenvalue weighted by atomic mass is 9.55. The summed E-state index contributed by atoms with van der Waals surface area (Å²) in [7, 11) is 0. The number of phenols is 1. The van der Waals surface area contributed by atoms with Gasteiger partial charge in [0.05, 0.1) is 0 Å². The van der Waals surface area contributed by atoms with Gasteiger partial charge >= 0.3 is 5.97 Å². The van der Waals surface area contributed by atoms with Crippen LogP contribution < -0.4 is 10.1 Å². The molecule has 24 heavy (non-hydrogen) atoms. The molecule has 2 heterocycles. The van der Waals surface area contributed by atoms with E-state index in [0.29, 0.717) is 17.7 Å². The summed E-state index contributed by atoms with van der Waals surface area (Å²) in [5, 5.41) is 14.0. The fourth-order valence-electron chi connectivity index (χ4n) is 5.43. The minimum absolute atomic E-state index is 0.186. The second-order valence-electron chi connectivity index (χ2n) is 7.51. The first kappa shape index (κ1) is 15.8. The van der Waals surface area contributed by atoms with Crippen molar-refractivity contribution in [3.63, 3.8) is 0 Å². The van der Waals surface area contributed by atoms with E-state index in [1.807, 2.05) is 6.07 Å². The van der Waals surface area contributed by atoms with Crippen molar-refractivity contribution < 1.29 is 19.4 Å². The maximum atomic E-state index is 11.6. The molecule has 1 aromatic rings. The van der Waals surface area contributed by atoms with E-state index in [0.717, 1.165) is 36.9 Å². The van der Waals surface area contributed by atoms with Crippen LogP contribution in [0.2, 0.25) is 0 Å². The quantitative estimate of drug-likeness (QED) is 0.774. The molecule has 1 spiro atoms. The number of hydrogen-bond acceptors (Lipinski definition) is 5. The molecule has 3 aliphatic rings. The lowest BCUT2D eigenvalue weighted by Crippen LogP contribution is -2.63. The minimum atomic E-state index is -0.268. The van der Waals surface area contributed by atoms with Gasteiger partial charge in [0, 0.05) is 23.9 Å². The third kappa shape index (κ3) is 2.00. The molecule has 0 radical (unpaired) electrons. The predicted molar refractivity (Wildman–Crippen MR) is 89.3 cm³/mol. The normalized spacial score (nSPS) is 37.0. The number of phenolic OH excluding ortho intramolecular Hbond substituents is 1. The van der Waals surface area contributed by atoms with Crippen molar-refractivity contribution in [2.45, 2.75) is 63.7 Å². The maximum absolute atomic E-state index is 11.6. The van der Waals surface area contributed by atoms with Crippen molar-refractivity contribution in [3.05, 3.63) is 23.3 Å². The summed E-state index contributed by atoms with van der Waals surface area (Å²) < 4.78 is 11.9. The van der Waals surface area contributed by atoms with Gasteiger partial charge in [-0.2, -0.15) is 0 Å². The molecule has 0 aromatic heterocycles. The average Bonchev–Trinajstić information content (AvgIpc) is 2.87. The number of ether oxygens (including phenoxy) is 2. The Morgan fingerprint density at radius 2 is 2.21 bits per heavy atom. The van der Waals surface area contributed by atoms with Crippen LogP contribution in [0, 0.1) is 12.8 Å². The summed E-state index contributed by atoms with van der Waals surface area (Å²) in [6, 6.07) is 4.03. The highest BCUT2D eigenvalue weighted by Crippen LogP contribution is 2.60. The molecular formula is C19H25NO4. The van der Waals surface area contributed by atoms with E-state index < -0.39 is 0 Å². The van der Waals surface area contributed by atoms with Crippen LogP contribution in [0.1, 0.15) is 44.2 Å². The Hall–Kier alpha value is -1.75. The number of piperidine rings is 1. The first-order valence-corrected chi connectivity index (χ1v) is 8.85. The zero-order chi connectivity index (χ0) is 17.1. The van der Waals surface area contributed by atoms with Crippen molar-refractivity contribution in [1.82, 2.24) is 5.32 Å². The molecule has 5 heteroatoms. The van der Waals surface area contributed by atoms with E-state index in [1.54, 1.807) is 6.07 Å². The van der Waals surface area contributed by atoms with Crippen LogP contribution >= 0.6 is 0 Å². The molecule has 1 aliphatic carbocycles. The molecule has 0 bridgehead atoms. The summed E-state index contributed by atoms with van der Waals surface area (Å²) in [6.07, 6.45) is 2.25. The van der Waals surface area contributed by atoms with Gasteiger partial charge in [-0.25, -0.2) is 0 Å². The van der Waals surface area contributed by atoms with Gasteiger partial charge in [0.1, 0.15) is 12.2 Å². The zero-order valence-corrected chi connectivity index (χ0v) is 14.5. The van der Waals surface area contributed by atoms with Crippen molar-refractivity contribution in [2.75, 3.05) is 6.54 Å². The highest BCUT2D eigenvalue weighted by atomic mass is 16.6. The smallest absolute Gasteiger partial charge is 0.303 e. The van der Waals surface area contributed by atoms with Crippen molar-refractivity contribution in [3.8, 4) is 11.5 Å². The van der Waals surface area contributed by atoms with Crippen LogP contribution in [-0.2, 0) is 14.9 Å². The summed E-state index contributed by atoms with van der Waals surface area (Å²) in [5.41, 5.74) is 2.08. The highest BCUT2D eigenvalue weighted by molar-refractivity contribution is 5.66. The Kier molecular flexibility index (Phi) is 3.53. The van der Waals surface area contributed by atoms with Gasteiger partial charge < -0.3 is 19.9 Å². The lowest BCUT2D eigenvalue weighted by Gasteiger charge is -2.53. The molecule has 4 rings (SSSR count). The van der Waals surface area contributed by atoms with Crippen LogP contribution in [0.4, 0.5) is 0 Å². The van der Waals surface area contributed by atoms with Crippen LogP contribution in [-0.4, -0.2) is 35.9 Å². The van der Waals surface area contributed by atoms with Gasteiger partial charge in [0.25, 0.3) is 0 Å². The van der Waals surface area contributed by atoms with Crippen molar-refractivity contribution >= 4 is 5.97 Å². The fourth-order valence-corrected chi connectivity index (χ4v) is 5.43.